The molecule has 0 aliphatic carbocycles. The minimum Gasteiger partial charge on any atom is -0.507 e. The fourth-order valence-corrected chi connectivity index (χ4v) is 5.28. The van der Waals surface area contributed by atoms with Gasteiger partial charge in [0, 0.05) is 48.6 Å². The van der Waals surface area contributed by atoms with Crippen molar-refractivity contribution in [1.82, 2.24) is 19.1 Å². The number of aromatic nitrogens is 4. The summed E-state index contributed by atoms with van der Waals surface area (Å²) in [6.45, 7) is 2.64. The van der Waals surface area contributed by atoms with Gasteiger partial charge in [-0.15, -0.1) is 0 Å². The molecule has 1 aliphatic heterocycles. The van der Waals surface area contributed by atoms with Crippen LogP contribution in [0.15, 0.2) is 52.4 Å². The van der Waals surface area contributed by atoms with Crippen molar-refractivity contribution in [3.63, 3.8) is 0 Å². The van der Waals surface area contributed by atoms with Crippen molar-refractivity contribution >= 4 is 16.9 Å². The number of nitrogens with zero attached hydrogens (tertiary/aromatic N) is 3. The van der Waals surface area contributed by atoms with E-state index in [4.69, 9.17) is 4.74 Å². The number of esters is 1. The molecule has 0 saturated carbocycles. The maximum Gasteiger partial charge on any atom is 0.306 e. The van der Waals surface area contributed by atoms with E-state index in [1.54, 1.807) is 34.6 Å². The molecule has 4 aromatic rings. The van der Waals surface area contributed by atoms with Crippen molar-refractivity contribution < 1.29 is 14.6 Å². The number of aryl methyl sites for hydroxylation is 4. The summed E-state index contributed by atoms with van der Waals surface area (Å²) in [6.07, 6.45) is 5.26. The minimum absolute atomic E-state index is 0.0202. The molecule has 36 heavy (non-hydrogen) atoms. The van der Waals surface area contributed by atoms with Crippen molar-refractivity contribution in [3.05, 3.63) is 91.6 Å². The molecule has 1 atom stereocenters. The molecule has 0 bridgehead atoms. The third-order valence-corrected chi connectivity index (χ3v) is 7.06. The summed E-state index contributed by atoms with van der Waals surface area (Å²) in [7, 11) is 1.26. The average molecular weight is 489 g/mol. The van der Waals surface area contributed by atoms with E-state index in [1.165, 1.54) is 13.2 Å². The van der Waals surface area contributed by atoms with Crippen LogP contribution in [0.25, 0.3) is 10.9 Å². The maximum atomic E-state index is 13.8. The lowest BCUT2D eigenvalue weighted by Crippen LogP contribution is -2.33. The highest BCUT2D eigenvalue weighted by Gasteiger charge is 2.30. The standard InChI is InChI=1S/C27H28N4O5/c1-16-11-22(32)24(27(35)30(16)10-8-19-14-28-15-29-19)20(13-23(33)36-2)21-12-18-6-3-5-17-7-4-9-31(25(17)18)26(21)34/h3,5-6,11-12,14-15,20,32H,4,7-10,13H2,1-2H3,(H,28,29). The molecule has 9 nitrogen and oxygen atoms in total. The Labute approximate surface area is 207 Å². The van der Waals surface area contributed by atoms with Crippen LogP contribution in [0.5, 0.6) is 5.75 Å². The van der Waals surface area contributed by atoms with E-state index < -0.39 is 17.4 Å². The molecule has 0 amide bonds. The second-order valence-corrected chi connectivity index (χ2v) is 9.22. The molecule has 9 heteroatoms. The van der Waals surface area contributed by atoms with E-state index in [2.05, 4.69) is 9.97 Å². The van der Waals surface area contributed by atoms with E-state index in [-0.39, 0.29) is 23.3 Å². The molecule has 4 heterocycles. The van der Waals surface area contributed by atoms with Crippen LogP contribution in [0.1, 0.15) is 46.8 Å². The van der Waals surface area contributed by atoms with Gasteiger partial charge in [-0.1, -0.05) is 18.2 Å². The number of aromatic amines is 1. The maximum absolute atomic E-state index is 13.8. The number of carbonyl (C=O) groups is 1. The molecule has 1 aromatic carbocycles. The predicted molar refractivity (Wildman–Crippen MR) is 134 cm³/mol. The first-order valence-corrected chi connectivity index (χ1v) is 12.0. The zero-order valence-electron chi connectivity index (χ0n) is 20.3. The number of ether oxygens (including phenoxy) is 1. The van der Waals surface area contributed by atoms with Gasteiger partial charge in [0.15, 0.2) is 0 Å². The van der Waals surface area contributed by atoms with Gasteiger partial charge in [-0.25, -0.2) is 4.98 Å². The molecule has 3 aromatic heterocycles. The van der Waals surface area contributed by atoms with Crippen LogP contribution in [0.2, 0.25) is 0 Å². The van der Waals surface area contributed by atoms with Gasteiger partial charge in [0.05, 0.1) is 30.9 Å². The Hall–Kier alpha value is -4.14. The van der Waals surface area contributed by atoms with Crippen molar-refractivity contribution in [2.75, 3.05) is 7.11 Å². The highest BCUT2D eigenvalue weighted by molar-refractivity contribution is 5.84. The van der Waals surface area contributed by atoms with Crippen molar-refractivity contribution in [1.29, 1.82) is 0 Å². The number of rotatable bonds is 7. The highest BCUT2D eigenvalue weighted by Crippen LogP contribution is 2.33. The Morgan fingerprint density at radius 1 is 1.25 bits per heavy atom. The van der Waals surface area contributed by atoms with Gasteiger partial charge < -0.3 is 24.0 Å². The van der Waals surface area contributed by atoms with Crippen LogP contribution in [-0.2, 0) is 35.5 Å². The van der Waals surface area contributed by atoms with Crippen molar-refractivity contribution in [2.24, 2.45) is 0 Å². The topological polar surface area (TPSA) is 119 Å². The highest BCUT2D eigenvalue weighted by atomic mass is 16.5. The Bertz CT molecular complexity index is 1570. The molecule has 0 saturated heterocycles. The number of H-pyrrole nitrogens is 1. The normalized spacial score (nSPS) is 13.6. The number of carbonyl (C=O) groups excluding carboxylic acids is 1. The number of methoxy groups -OCH3 is 1. The van der Waals surface area contributed by atoms with Crippen LogP contribution in [0.3, 0.4) is 0 Å². The predicted octanol–water partition coefficient (Wildman–Crippen LogP) is 2.78. The minimum atomic E-state index is -0.963. The van der Waals surface area contributed by atoms with Gasteiger partial charge in [-0.2, -0.15) is 0 Å². The lowest BCUT2D eigenvalue weighted by atomic mass is 9.87. The first-order chi connectivity index (χ1) is 17.4. The number of para-hydroxylation sites is 1. The number of aromatic hydroxyl groups is 1. The molecule has 0 fully saturated rings. The van der Waals surface area contributed by atoms with Crippen molar-refractivity contribution in [2.45, 2.75) is 51.6 Å². The van der Waals surface area contributed by atoms with Gasteiger partial charge >= 0.3 is 5.97 Å². The summed E-state index contributed by atoms with van der Waals surface area (Å²) in [5.41, 5.74) is 3.05. The van der Waals surface area contributed by atoms with Gasteiger partial charge in [-0.05, 0) is 42.8 Å². The molecular formula is C27H28N4O5. The van der Waals surface area contributed by atoms with Crippen LogP contribution in [-0.4, -0.2) is 37.3 Å². The fraction of sp³-hybridized carbons (Fsp3) is 0.333. The second-order valence-electron chi connectivity index (χ2n) is 9.22. The average Bonchev–Trinajstić information content (AvgIpc) is 3.39. The van der Waals surface area contributed by atoms with E-state index in [9.17, 15) is 19.5 Å². The Morgan fingerprint density at radius 3 is 2.83 bits per heavy atom. The summed E-state index contributed by atoms with van der Waals surface area (Å²) >= 11 is 0. The summed E-state index contributed by atoms with van der Waals surface area (Å²) in [4.78, 5) is 47.0. The van der Waals surface area contributed by atoms with E-state index in [0.29, 0.717) is 30.8 Å². The zero-order valence-corrected chi connectivity index (χ0v) is 20.3. The third-order valence-electron chi connectivity index (χ3n) is 7.06. The van der Waals surface area contributed by atoms with E-state index in [0.717, 1.165) is 35.0 Å². The molecule has 1 aliphatic rings. The number of hydrogen-bond donors (Lipinski definition) is 2. The SMILES string of the molecule is COC(=O)CC(c1c(O)cc(C)n(CCc2cnc[nH]2)c1=O)c1cc2cccc3c2n(c1=O)CCC3. The number of hydrogen-bond acceptors (Lipinski definition) is 6. The molecule has 2 N–H and O–H groups in total. The lowest BCUT2D eigenvalue weighted by molar-refractivity contribution is -0.140. The molecule has 0 spiro atoms. The van der Waals surface area contributed by atoms with Crippen LogP contribution >= 0.6 is 0 Å². The monoisotopic (exact) mass is 488 g/mol. The van der Waals surface area contributed by atoms with Gasteiger partial charge in [0.25, 0.3) is 11.1 Å². The number of imidazole rings is 1. The summed E-state index contributed by atoms with van der Waals surface area (Å²) in [6, 6.07) is 9.16. The van der Waals surface area contributed by atoms with Crippen LogP contribution in [0, 0.1) is 6.92 Å². The molecule has 0 radical (unpaired) electrons. The second kappa shape index (κ2) is 9.49. The van der Waals surface area contributed by atoms with Gasteiger partial charge in [0.1, 0.15) is 5.75 Å². The summed E-state index contributed by atoms with van der Waals surface area (Å²) in [5.74, 6) is -1.78. The van der Waals surface area contributed by atoms with E-state index in [1.807, 2.05) is 18.2 Å². The number of benzene rings is 1. The molecule has 1 unspecified atom stereocenters. The van der Waals surface area contributed by atoms with Gasteiger partial charge in [0.2, 0.25) is 0 Å². The fourth-order valence-electron chi connectivity index (χ4n) is 5.28. The number of nitrogens with one attached hydrogen (secondary N) is 1. The van der Waals surface area contributed by atoms with E-state index >= 15 is 0 Å². The zero-order chi connectivity index (χ0) is 25.4. The molecule has 186 valence electrons. The van der Waals surface area contributed by atoms with Crippen LogP contribution in [0.4, 0.5) is 0 Å². The quantitative estimate of drug-likeness (QED) is 0.386. The summed E-state index contributed by atoms with van der Waals surface area (Å²) in [5, 5.41) is 11.8. The number of pyridine rings is 2. The Balaban J connectivity index is 1.69. The van der Waals surface area contributed by atoms with Gasteiger partial charge in [-0.3, -0.25) is 14.4 Å². The molecule has 5 rings (SSSR count). The summed E-state index contributed by atoms with van der Waals surface area (Å²) < 4.78 is 8.21. The lowest BCUT2D eigenvalue weighted by Gasteiger charge is -2.24. The largest absolute Gasteiger partial charge is 0.507 e. The Kier molecular flexibility index (Phi) is 6.22. The smallest absolute Gasteiger partial charge is 0.306 e. The van der Waals surface area contributed by atoms with Crippen molar-refractivity contribution in [3.8, 4) is 5.75 Å². The van der Waals surface area contributed by atoms with Crippen LogP contribution < -0.4 is 11.1 Å². The first-order valence-electron chi connectivity index (χ1n) is 12.0. The first kappa shape index (κ1) is 23.6. The Morgan fingerprint density at radius 2 is 2.08 bits per heavy atom. The molecular weight excluding hydrogens is 460 g/mol. The third kappa shape index (κ3) is 4.10.